The van der Waals surface area contributed by atoms with Crippen molar-refractivity contribution in [2.24, 2.45) is 5.73 Å². The molecule has 2 nitrogen and oxygen atoms in total. The van der Waals surface area contributed by atoms with Gasteiger partial charge in [-0.1, -0.05) is 18.2 Å². The minimum atomic E-state index is 0.0168. The predicted octanol–water partition coefficient (Wildman–Crippen LogP) is 4.04. The van der Waals surface area contributed by atoms with E-state index in [0.717, 1.165) is 10.7 Å². The Kier molecular flexibility index (Phi) is 2.70. The van der Waals surface area contributed by atoms with Crippen molar-refractivity contribution in [3.05, 3.63) is 40.7 Å². The Morgan fingerprint density at radius 2 is 2.12 bits per heavy atom. The van der Waals surface area contributed by atoms with Crippen LogP contribution in [0.4, 0.5) is 0 Å². The number of hydrogen-bond acceptors (Lipinski definition) is 4. The third kappa shape index (κ3) is 1.99. The summed E-state index contributed by atoms with van der Waals surface area (Å²) in [5.74, 6) is 0. The fourth-order valence-corrected chi connectivity index (χ4v) is 3.59. The van der Waals surface area contributed by atoms with Gasteiger partial charge in [0.25, 0.3) is 0 Å². The number of aromatic nitrogens is 1. The second kappa shape index (κ2) is 4.22. The molecule has 0 aliphatic rings. The summed E-state index contributed by atoms with van der Waals surface area (Å²) < 4.78 is 1.30. The Labute approximate surface area is 108 Å². The number of benzene rings is 1. The second-order valence-electron chi connectivity index (χ2n) is 4.01. The summed E-state index contributed by atoms with van der Waals surface area (Å²) in [6.07, 6.45) is 0. The van der Waals surface area contributed by atoms with E-state index < -0.39 is 0 Å². The number of thiazole rings is 1. The lowest BCUT2D eigenvalue weighted by atomic mass is 10.2. The molecular formula is C13H12N2S2. The monoisotopic (exact) mass is 260 g/mol. The van der Waals surface area contributed by atoms with Crippen molar-refractivity contribution in [3.63, 3.8) is 0 Å². The Bertz CT molecular complexity index is 619. The van der Waals surface area contributed by atoms with Gasteiger partial charge >= 0.3 is 0 Å². The molecule has 2 N–H and O–H groups in total. The maximum atomic E-state index is 5.83. The number of rotatable bonds is 2. The number of nitrogens with two attached hydrogens (primary N) is 1. The van der Waals surface area contributed by atoms with Crippen LogP contribution in [0.5, 0.6) is 0 Å². The van der Waals surface area contributed by atoms with Crippen LogP contribution in [-0.4, -0.2) is 4.98 Å². The van der Waals surface area contributed by atoms with E-state index in [9.17, 15) is 0 Å². The van der Waals surface area contributed by atoms with E-state index in [1.165, 1.54) is 15.0 Å². The highest BCUT2D eigenvalue weighted by atomic mass is 32.1. The van der Waals surface area contributed by atoms with E-state index >= 15 is 0 Å². The Hall–Kier alpha value is -1.23. The smallest absolute Gasteiger partial charge is 0.110 e. The van der Waals surface area contributed by atoms with Gasteiger partial charge in [0.2, 0.25) is 0 Å². The zero-order chi connectivity index (χ0) is 11.8. The van der Waals surface area contributed by atoms with E-state index in [2.05, 4.69) is 40.7 Å². The Balaban J connectivity index is 2.07. The molecule has 0 saturated heterocycles. The lowest BCUT2D eigenvalue weighted by Gasteiger charge is -1.96. The van der Waals surface area contributed by atoms with E-state index in [-0.39, 0.29) is 6.04 Å². The molecule has 1 atom stereocenters. The summed E-state index contributed by atoms with van der Waals surface area (Å²) in [7, 11) is 0. The molecule has 17 heavy (non-hydrogen) atoms. The van der Waals surface area contributed by atoms with Crippen LogP contribution in [0.25, 0.3) is 20.7 Å². The molecule has 3 aromatic rings. The zero-order valence-electron chi connectivity index (χ0n) is 9.38. The molecule has 0 saturated carbocycles. The van der Waals surface area contributed by atoms with E-state index in [4.69, 9.17) is 5.73 Å². The first-order chi connectivity index (χ1) is 8.24. The molecule has 0 aliphatic carbocycles. The van der Waals surface area contributed by atoms with Crippen molar-refractivity contribution in [1.29, 1.82) is 0 Å². The first kappa shape index (κ1) is 10.9. The molecule has 0 aliphatic heterocycles. The van der Waals surface area contributed by atoms with Gasteiger partial charge in [-0.2, -0.15) is 0 Å². The van der Waals surface area contributed by atoms with Crippen LogP contribution in [0.3, 0.4) is 0 Å². The van der Waals surface area contributed by atoms with Gasteiger partial charge in [-0.15, -0.1) is 22.7 Å². The molecule has 2 heterocycles. The topological polar surface area (TPSA) is 38.9 Å². The Morgan fingerprint density at radius 1 is 1.29 bits per heavy atom. The molecule has 0 spiro atoms. The molecule has 0 amide bonds. The summed E-state index contributed by atoms with van der Waals surface area (Å²) in [4.78, 5) is 5.80. The van der Waals surface area contributed by atoms with Crippen LogP contribution in [0.1, 0.15) is 18.0 Å². The van der Waals surface area contributed by atoms with Crippen LogP contribution in [0.2, 0.25) is 0 Å². The Morgan fingerprint density at radius 3 is 2.82 bits per heavy atom. The number of nitrogens with zero attached hydrogens (tertiary/aromatic N) is 1. The molecule has 3 rings (SSSR count). The highest BCUT2D eigenvalue weighted by Crippen LogP contribution is 2.34. The molecule has 1 aromatic carbocycles. The van der Waals surface area contributed by atoms with E-state index in [1.54, 1.807) is 22.7 Å². The standard InChI is InChI=1S/C13H12N2S2/c1-8(14)13-15-10(7-16-13)12-6-9-4-2-3-5-11(9)17-12/h2-8H,14H2,1H3. The SMILES string of the molecule is CC(N)c1nc(-c2cc3ccccc3s2)cs1. The van der Waals surface area contributed by atoms with Gasteiger partial charge in [0, 0.05) is 10.1 Å². The van der Waals surface area contributed by atoms with Crippen LogP contribution in [-0.2, 0) is 0 Å². The highest BCUT2D eigenvalue weighted by Gasteiger charge is 2.10. The van der Waals surface area contributed by atoms with Crippen molar-refractivity contribution in [3.8, 4) is 10.6 Å². The lowest BCUT2D eigenvalue weighted by molar-refractivity contribution is 0.808. The summed E-state index contributed by atoms with van der Waals surface area (Å²) >= 11 is 3.41. The first-order valence-corrected chi connectivity index (χ1v) is 7.13. The normalized spacial score (nSPS) is 13.1. The quantitative estimate of drug-likeness (QED) is 0.755. The van der Waals surface area contributed by atoms with Crippen molar-refractivity contribution in [1.82, 2.24) is 4.98 Å². The van der Waals surface area contributed by atoms with Crippen LogP contribution in [0, 0.1) is 0 Å². The summed E-state index contributed by atoms with van der Waals surface area (Å²) in [5, 5.41) is 4.36. The number of thiophene rings is 1. The third-order valence-electron chi connectivity index (χ3n) is 2.59. The van der Waals surface area contributed by atoms with Gasteiger partial charge in [-0.3, -0.25) is 0 Å². The van der Waals surface area contributed by atoms with Gasteiger partial charge < -0.3 is 5.73 Å². The second-order valence-corrected chi connectivity index (χ2v) is 5.98. The van der Waals surface area contributed by atoms with Gasteiger partial charge in [0.15, 0.2) is 0 Å². The number of fused-ring (bicyclic) bond motifs is 1. The number of hydrogen-bond donors (Lipinski definition) is 1. The van der Waals surface area contributed by atoms with E-state index in [0.29, 0.717) is 0 Å². The largest absolute Gasteiger partial charge is 0.322 e. The van der Waals surface area contributed by atoms with Crippen molar-refractivity contribution in [2.75, 3.05) is 0 Å². The zero-order valence-corrected chi connectivity index (χ0v) is 11.0. The average Bonchev–Trinajstić information content (AvgIpc) is 2.95. The minimum Gasteiger partial charge on any atom is -0.322 e. The van der Waals surface area contributed by atoms with Gasteiger partial charge in [0.1, 0.15) is 5.01 Å². The van der Waals surface area contributed by atoms with Crippen molar-refractivity contribution < 1.29 is 0 Å². The van der Waals surface area contributed by atoms with Crippen LogP contribution < -0.4 is 5.73 Å². The molecule has 0 bridgehead atoms. The van der Waals surface area contributed by atoms with E-state index in [1.807, 2.05) is 6.92 Å². The minimum absolute atomic E-state index is 0.0168. The third-order valence-corrected chi connectivity index (χ3v) is 4.77. The molecule has 2 aromatic heterocycles. The molecular weight excluding hydrogens is 248 g/mol. The van der Waals surface area contributed by atoms with Crippen LogP contribution >= 0.6 is 22.7 Å². The molecule has 1 unspecified atom stereocenters. The fraction of sp³-hybridized carbons (Fsp3) is 0.154. The lowest BCUT2D eigenvalue weighted by Crippen LogP contribution is -2.03. The fourth-order valence-electron chi connectivity index (χ4n) is 1.72. The maximum Gasteiger partial charge on any atom is 0.110 e. The molecule has 0 radical (unpaired) electrons. The van der Waals surface area contributed by atoms with Gasteiger partial charge in [-0.25, -0.2) is 4.98 Å². The predicted molar refractivity (Wildman–Crippen MR) is 75.5 cm³/mol. The van der Waals surface area contributed by atoms with Crippen LogP contribution in [0.15, 0.2) is 35.7 Å². The first-order valence-electron chi connectivity index (χ1n) is 5.44. The highest BCUT2D eigenvalue weighted by molar-refractivity contribution is 7.22. The van der Waals surface area contributed by atoms with Crippen molar-refractivity contribution >= 4 is 32.8 Å². The molecule has 86 valence electrons. The summed E-state index contributed by atoms with van der Waals surface area (Å²) in [6.45, 7) is 1.97. The van der Waals surface area contributed by atoms with Gasteiger partial charge in [0.05, 0.1) is 16.6 Å². The summed E-state index contributed by atoms with van der Waals surface area (Å²) in [5.41, 5.74) is 6.88. The average molecular weight is 260 g/mol. The van der Waals surface area contributed by atoms with Crippen molar-refractivity contribution in [2.45, 2.75) is 13.0 Å². The summed E-state index contributed by atoms with van der Waals surface area (Å²) in [6, 6.07) is 10.6. The maximum absolute atomic E-state index is 5.83. The van der Waals surface area contributed by atoms with Gasteiger partial charge in [-0.05, 0) is 24.4 Å². The molecule has 0 fully saturated rings. The molecule has 4 heteroatoms.